The Labute approximate surface area is 145 Å². The van der Waals surface area contributed by atoms with Crippen LogP contribution in [0.15, 0.2) is 30.3 Å². The Balaban J connectivity index is 1.99. The molecule has 0 amide bonds. The lowest BCUT2D eigenvalue weighted by Crippen LogP contribution is -2.45. The third kappa shape index (κ3) is 5.16. The second kappa shape index (κ2) is 7.92. The molecule has 2 aromatic rings. The molecule has 0 fully saturated rings. The highest BCUT2D eigenvalue weighted by Crippen LogP contribution is 2.15. The van der Waals surface area contributed by atoms with E-state index >= 15 is 0 Å². The molecule has 24 heavy (non-hydrogen) atoms. The summed E-state index contributed by atoms with van der Waals surface area (Å²) in [5, 5.41) is 18.4. The molecule has 0 bridgehead atoms. The molecule has 5 nitrogen and oxygen atoms in total. The van der Waals surface area contributed by atoms with Crippen molar-refractivity contribution in [2.45, 2.75) is 39.5 Å². The molecule has 0 aliphatic rings. The maximum Gasteiger partial charge on any atom is 0.0869 e. The number of nitrogens with one attached hydrogen (secondary N) is 1. The second-order valence-corrected chi connectivity index (χ2v) is 7.13. The number of nitrogens with zero attached hydrogens (tertiary/aromatic N) is 3. The van der Waals surface area contributed by atoms with E-state index in [0.29, 0.717) is 13.1 Å². The summed E-state index contributed by atoms with van der Waals surface area (Å²) in [5.41, 5.74) is 3.94. The molecule has 1 aromatic carbocycles. The lowest BCUT2D eigenvalue weighted by molar-refractivity contribution is 0.0335. The fraction of sp³-hybridized carbons (Fsp3) is 0.526. The number of rotatable bonds is 8. The van der Waals surface area contributed by atoms with E-state index in [0.717, 1.165) is 18.8 Å². The number of aliphatic hydroxyl groups is 1. The largest absolute Gasteiger partial charge is 0.388 e. The molecule has 0 spiro atoms. The molecule has 1 atom stereocenters. The predicted molar refractivity (Wildman–Crippen MR) is 98.1 cm³/mol. The number of hydrogen-bond acceptors (Lipinski definition) is 4. The van der Waals surface area contributed by atoms with Crippen LogP contribution in [0.5, 0.6) is 0 Å². The Morgan fingerprint density at radius 3 is 2.50 bits per heavy atom. The summed E-state index contributed by atoms with van der Waals surface area (Å²) in [6, 6.07) is 10.4. The van der Waals surface area contributed by atoms with Crippen LogP contribution < -0.4 is 5.32 Å². The van der Waals surface area contributed by atoms with Gasteiger partial charge in [0.1, 0.15) is 0 Å². The van der Waals surface area contributed by atoms with E-state index in [2.05, 4.69) is 46.3 Å². The summed E-state index contributed by atoms with van der Waals surface area (Å²) in [7, 11) is 3.94. The average molecular weight is 330 g/mol. The van der Waals surface area contributed by atoms with E-state index < -0.39 is 5.60 Å². The predicted octanol–water partition coefficient (Wildman–Crippen LogP) is 1.95. The van der Waals surface area contributed by atoms with Crippen molar-refractivity contribution in [1.82, 2.24) is 20.0 Å². The minimum Gasteiger partial charge on any atom is -0.388 e. The molecule has 0 saturated carbocycles. The van der Waals surface area contributed by atoms with E-state index in [1.165, 1.54) is 16.8 Å². The Morgan fingerprint density at radius 2 is 1.88 bits per heavy atom. The first-order valence-electron chi connectivity index (χ1n) is 8.43. The first kappa shape index (κ1) is 18.6. The Morgan fingerprint density at radius 1 is 1.21 bits per heavy atom. The van der Waals surface area contributed by atoms with Gasteiger partial charge < -0.3 is 15.3 Å². The SMILES string of the molecule is Cc1nn(Cc2ccccc2)c(C)c1CNCC(C)(O)CN(C)C. The molecule has 0 aliphatic carbocycles. The normalized spacial score (nSPS) is 14.1. The van der Waals surface area contributed by atoms with Gasteiger partial charge >= 0.3 is 0 Å². The van der Waals surface area contributed by atoms with Crippen molar-refractivity contribution >= 4 is 0 Å². The van der Waals surface area contributed by atoms with Crippen LogP contribution in [0.25, 0.3) is 0 Å². The zero-order valence-corrected chi connectivity index (χ0v) is 15.5. The smallest absolute Gasteiger partial charge is 0.0869 e. The first-order valence-corrected chi connectivity index (χ1v) is 8.43. The molecule has 5 heteroatoms. The lowest BCUT2D eigenvalue weighted by atomic mass is 10.1. The minimum atomic E-state index is -0.745. The van der Waals surface area contributed by atoms with Gasteiger partial charge in [-0.15, -0.1) is 0 Å². The van der Waals surface area contributed by atoms with Gasteiger partial charge in [0.2, 0.25) is 0 Å². The minimum absolute atomic E-state index is 0.550. The van der Waals surface area contributed by atoms with Gasteiger partial charge in [0, 0.05) is 30.9 Å². The van der Waals surface area contributed by atoms with Gasteiger partial charge in [-0.25, -0.2) is 0 Å². The van der Waals surface area contributed by atoms with Crippen molar-refractivity contribution in [3.05, 3.63) is 52.8 Å². The van der Waals surface area contributed by atoms with Crippen molar-refractivity contribution in [3.8, 4) is 0 Å². The van der Waals surface area contributed by atoms with Crippen LogP contribution >= 0.6 is 0 Å². The zero-order chi connectivity index (χ0) is 17.7. The lowest BCUT2D eigenvalue weighted by Gasteiger charge is -2.27. The highest BCUT2D eigenvalue weighted by atomic mass is 16.3. The monoisotopic (exact) mass is 330 g/mol. The van der Waals surface area contributed by atoms with Crippen LogP contribution in [0.1, 0.15) is 29.4 Å². The van der Waals surface area contributed by atoms with E-state index in [4.69, 9.17) is 0 Å². The standard InChI is InChI=1S/C19H30N4O/c1-15-18(11-20-13-19(3,24)14-22(4)5)16(2)23(21-15)12-17-9-7-6-8-10-17/h6-10,20,24H,11-14H2,1-5H3. The Hall–Kier alpha value is -1.69. The molecule has 132 valence electrons. The van der Waals surface area contributed by atoms with Gasteiger partial charge in [-0.05, 0) is 40.4 Å². The first-order chi connectivity index (χ1) is 11.3. The molecule has 2 N–H and O–H groups in total. The molecule has 1 heterocycles. The van der Waals surface area contributed by atoms with E-state index in [9.17, 15) is 5.11 Å². The molecular formula is C19H30N4O. The molecule has 1 unspecified atom stereocenters. The van der Waals surface area contributed by atoms with Crippen LogP contribution in [-0.2, 0) is 13.1 Å². The van der Waals surface area contributed by atoms with Crippen molar-refractivity contribution in [2.75, 3.05) is 27.2 Å². The summed E-state index contributed by atoms with van der Waals surface area (Å²) >= 11 is 0. The third-order valence-corrected chi connectivity index (χ3v) is 4.17. The van der Waals surface area contributed by atoms with Crippen molar-refractivity contribution in [3.63, 3.8) is 0 Å². The van der Waals surface area contributed by atoms with Crippen molar-refractivity contribution in [2.24, 2.45) is 0 Å². The molecule has 0 saturated heterocycles. The van der Waals surface area contributed by atoms with Gasteiger partial charge in [-0.1, -0.05) is 30.3 Å². The summed E-state index contributed by atoms with van der Waals surface area (Å²) in [5.74, 6) is 0. The number of aryl methyl sites for hydroxylation is 1. The van der Waals surface area contributed by atoms with Gasteiger partial charge in [0.15, 0.2) is 0 Å². The fourth-order valence-electron chi connectivity index (χ4n) is 3.09. The number of aromatic nitrogens is 2. The third-order valence-electron chi connectivity index (χ3n) is 4.17. The quantitative estimate of drug-likeness (QED) is 0.777. The number of benzene rings is 1. The Bertz CT molecular complexity index is 647. The Kier molecular flexibility index (Phi) is 6.15. The maximum atomic E-state index is 10.4. The van der Waals surface area contributed by atoms with Gasteiger partial charge in [-0.3, -0.25) is 4.68 Å². The highest BCUT2D eigenvalue weighted by molar-refractivity contribution is 5.26. The van der Waals surface area contributed by atoms with Crippen LogP contribution in [0.4, 0.5) is 0 Å². The summed E-state index contributed by atoms with van der Waals surface area (Å²) < 4.78 is 2.06. The van der Waals surface area contributed by atoms with E-state index in [1.807, 2.05) is 38.9 Å². The van der Waals surface area contributed by atoms with Crippen LogP contribution in [0.3, 0.4) is 0 Å². The van der Waals surface area contributed by atoms with Gasteiger partial charge in [0.25, 0.3) is 0 Å². The van der Waals surface area contributed by atoms with Crippen molar-refractivity contribution < 1.29 is 5.11 Å². The average Bonchev–Trinajstić information content (AvgIpc) is 2.74. The summed E-state index contributed by atoms with van der Waals surface area (Å²) in [6.07, 6.45) is 0. The van der Waals surface area contributed by atoms with Crippen LogP contribution in [0.2, 0.25) is 0 Å². The molecular weight excluding hydrogens is 300 g/mol. The van der Waals surface area contributed by atoms with Crippen LogP contribution in [-0.4, -0.2) is 52.6 Å². The molecule has 2 rings (SSSR count). The van der Waals surface area contributed by atoms with E-state index in [-0.39, 0.29) is 0 Å². The topological polar surface area (TPSA) is 53.3 Å². The van der Waals surface area contributed by atoms with E-state index in [1.54, 1.807) is 0 Å². The number of likely N-dealkylation sites (N-methyl/N-ethyl adjacent to an activating group) is 1. The zero-order valence-electron chi connectivity index (χ0n) is 15.5. The molecule has 0 aliphatic heterocycles. The fourth-order valence-corrected chi connectivity index (χ4v) is 3.09. The number of hydrogen-bond donors (Lipinski definition) is 2. The van der Waals surface area contributed by atoms with Crippen LogP contribution in [0, 0.1) is 13.8 Å². The highest BCUT2D eigenvalue weighted by Gasteiger charge is 2.21. The molecule has 0 radical (unpaired) electrons. The second-order valence-electron chi connectivity index (χ2n) is 7.13. The van der Waals surface area contributed by atoms with Gasteiger partial charge in [-0.2, -0.15) is 5.10 Å². The maximum absolute atomic E-state index is 10.4. The van der Waals surface area contributed by atoms with Gasteiger partial charge in [0.05, 0.1) is 17.8 Å². The molecule has 1 aromatic heterocycles. The summed E-state index contributed by atoms with van der Waals surface area (Å²) in [6.45, 7) is 8.70. The summed E-state index contributed by atoms with van der Waals surface area (Å²) in [4.78, 5) is 2.00. The van der Waals surface area contributed by atoms with Crippen molar-refractivity contribution in [1.29, 1.82) is 0 Å².